The fourth-order valence-electron chi connectivity index (χ4n) is 3.57. The van der Waals surface area contributed by atoms with Gasteiger partial charge in [0, 0.05) is 29.5 Å². The number of aromatic amines is 1. The monoisotopic (exact) mass is 456 g/mol. The van der Waals surface area contributed by atoms with Crippen LogP contribution in [0.15, 0.2) is 28.3 Å². The number of hydrogen-bond acceptors (Lipinski definition) is 5. The Morgan fingerprint density at radius 3 is 1.88 bits per heavy atom. The van der Waals surface area contributed by atoms with Gasteiger partial charge in [-0.25, -0.2) is 14.8 Å². The van der Waals surface area contributed by atoms with E-state index in [-0.39, 0.29) is 27.6 Å². The van der Waals surface area contributed by atoms with Crippen molar-refractivity contribution >= 4 is 16.9 Å². The van der Waals surface area contributed by atoms with Crippen LogP contribution in [0.1, 0.15) is 93.3 Å². The van der Waals surface area contributed by atoms with Gasteiger partial charge < -0.3 is 10.3 Å². The number of nitrogens with zero attached hydrogens (tertiary/aromatic N) is 4. The molecule has 0 amide bonds. The van der Waals surface area contributed by atoms with E-state index in [1.807, 2.05) is 41.5 Å². The van der Waals surface area contributed by atoms with Crippen molar-refractivity contribution in [3.63, 3.8) is 0 Å². The van der Waals surface area contributed by atoms with Crippen molar-refractivity contribution in [3.8, 4) is 0 Å². The molecule has 0 aliphatic heterocycles. The summed E-state index contributed by atoms with van der Waals surface area (Å²) >= 11 is 0. The molecule has 3 aromatic rings. The number of H-pyrrole nitrogens is 1. The lowest BCUT2D eigenvalue weighted by Crippen LogP contribution is -2.41. The SMILES string of the molecule is CC(C)(C)c1cn(C(C)(C)C)c(=O)[nH]c1=O.CC(C)n1cc(C(C)(C)C)c2c(N)ncnc21. The molecule has 33 heavy (non-hydrogen) atoms. The molecule has 3 aromatic heterocycles. The summed E-state index contributed by atoms with van der Waals surface area (Å²) < 4.78 is 3.73. The Kier molecular flexibility index (Phi) is 7.03. The summed E-state index contributed by atoms with van der Waals surface area (Å²) in [5.74, 6) is 0.569. The van der Waals surface area contributed by atoms with Crippen LogP contribution >= 0.6 is 0 Å². The molecule has 0 bridgehead atoms. The first kappa shape index (κ1) is 26.4. The van der Waals surface area contributed by atoms with Crippen molar-refractivity contribution in [2.75, 3.05) is 5.73 Å². The molecule has 3 heterocycles. The lowest BCUT2D eigenvalue weighted by molar-refractivity contribution is 0.370. The van der Waals surface area contributed by atoms with Crippen LogP contribution in [0.2, 0.25) is 0 Å². The zero-order valence-corrected chi connectivity index (χ0v) is 22.0. The van der Waals surface area contributed by atoms with Gasteiger partial charge in [-0.2, -0.15) is 0 Å². The van der Waals surface area contributed by atoms with Crippen molar-refractivity contribution in [2.24, 2.45) is 0 Å². The van der Waals surface area contributed by atoms with E-state index in [0.717, 1.165) is 11.0 Å². The molecule has 0 fully saturated rings. The fourth-order valence-corrected chi connectivity index (χ4v) is 3.57. The maximum Gasteiger partial charge on any atom is 0.328 e. The lowest BCUT2D eigenvalue weighted by atomic mass is 9.87. The van der Waals surface area contributed by atoms with Gasteiger partial charge in [-0.1, -0.05) is 41.5 Å². The average Bonchev–Trinajstić information content (AvgIpc) is 3.01. The molecule has 0 atom stereocenters. The molecule has 8 nitrogen and oxygen atoms in total. The van der Waals surface area contributed by atoms with Gasteiger partial charge in [0.2, 0.25) is 0 Å². The average molecular weight is 457 g/mol. The number of nitrogens with one attached hydrogen (secondary N) is 1. The number of aromatic nitrogens is 5. The van der Waals surface area contributed by atoms with Gasteiger partial charge in [-0.3, -0.25) is 14.3 Å². The summed E-state index contributed by atoms with van der Waals surface area (Å²) in [6.45, 7) is 22.5. The first-order valence-corrected chi connectivity index (χ1v) is 11.3. The van der Waals surface area contributed by atoms with Gasteiger partial charge in [-0.15, -0.1) is 0 Å². The van der Waals surface area contributed by atoms with E-state index < -0.39 is 0 Å². The lowest BCUT2D eigenvalue weighted by Gasteiger charge is -2.25. The van der Waals surface area contributed by atoms with Crippen molar-refractivity contribution in [1.82, 2.24) is 24.1 Å². The number of hydrogen-bond donors (Lipinski definition) is 2. The third-order valence-electron chi connectivity index (χ3n) is 5.48. The molecule has 8 heteroatoms. The first-order valence-electron chi connectivity index (χ1n) is 11.3. The highest BCUT2D eigenvalue weighted by molar-refractivity contribution is 5.90. The molecule has 182 valence electrons. The van der Waals surface area contributed by atoms with Crippen LogP contribution in [0.3, 0.4) is 0 Å². The quantitative estimate of drug-likeness (QED) is 0.561. The van der Waals surface area contributed by atoms with Crippen molar-refractivity contribution in [1.29, 1.82) is 0 Å². The zero-order valence-electron chi connectivity index (χ0n) is 22.0. The van der Waals surface area contributed by atoms with Crippen LogP contribution < -0.4 is 17.0 Å². The predicted octanol–water partition coefficient (Wildman–Crippen LogP) is 4.48. The summed E-state index contributed by atoms with van der Waals surface area (Å²) in [5.41, 5.74) is 7.55. The second-order valence-electron chi connectivity index (χ2n) is 11.8. The maximum atomic E-state index is 11.7. The summed E-state index contributed by atoms with van der Waals surface area (Å²) in [6.07, 6.45) is 5.35. The van der Waals surface area contributed by atoms with E-state index in [0.29, 0.717) is 17.4 Å². The third-order valence-corrected chi connectivity index (χ3v) is 5.48. The molecule has 3 rings (SSSR count). The van der Waals surface area contributed by atoms with Crippen molar-refractivity contribution in [2.45, 2.75) is 98.6 Å². The Hall–Kier alpha value is -2.90. The second-order valence-corrected chi connectivity index (χ2v) is 11.8. The predicted molar refractivity (Wildman–Crippen MR) is 136 cm³/mol. The Labute approximate surface area is 196 Å². The number of fused-ring (bicyclic) bond motifs is 1. The van der Waals surface area contributed by atoms with Crippen LogP contribution in [-0.4, -0.2) is 24.1 Å². The third kappa shape index (κ3) is 5.72. The highest BCUT2D eigenvalue weighted by atomic mass is 16.2. The highest BCUT2D eigenvalue weighted by Gasteiger charge is 2.24. The van der Waals surface area contributed by atoms with Crippen molar-refractivity contribution < 1.29 is 0 Å². The molecular weight excluding hydrogens is 416 g/mol. The van der Waals surface area contributed by atoms with Crippen LogP contribution in [0.4, 0.5) is 5.82 Å². The van der Waals surface area contributed by atoms with Crippen LogP contribution in [0.5, 0.6) is 0 Å². The summed E-state index contributed by atoms with van der Waals surface area (Å²) in [7, 11) is 0. The zero-order chi connectivity index (χ0) is 25.5. The molecule has 3 N–H and O–H groups in total. The Morgan fingerprint density at radius 1 is 0.879 bits per heavy atom. The van der Waals surface area contributed by atoms with Gasteiger partial charge in [0.1, 0.15) is 17.8 Å². The molecule has 0 saturated heterocycles. The second kappa shape index (κ2) is 8.80. The maximum absolute atomic E-state index is 11.7. The van der Waals surface area contributed by atoms with E-state index in [1.54, 1.807) is 10.8 Å². The first-order chi connectivity index (χ1) is 14.9. The van der Waals surface area contributed by atoms with E-state index >= 15 is 0 Å². The molecular formula is C25H40N6O2. The van der Waals surface area contributed by atoms with E-state index in [9.17, 15) is 9.59 Å². The minimum absolute atomic E-state index is 0.0389. The van der Waals surface area contributed by atoms with Gasteiger partial charge in [0.15, 0.2) is 0 Å². The molecule has 0 aliphatic rings. The molecule has 0 aromatic carbocycles. The van der Waals surface area contributed by atoms with Crippen LogP contribution in [0, 0.1) is 0 Å². The van der Waals surface area contributed by atoms with Gasteiger partial charge in [-0.05, 0) is 51.0 Å². The van der Waals surface area contributed by atoms with Gasteiger partial charge in [0.05, 0.1) is 5.39 Å². The van der Waals surface area contributed by atoms with E-state index in [1.165, 1.54) is 11.9 Å². The Morgan fingerprint density at radius 2 is 1.42 bits per heavy atom. The van der Waals surface area contributed by atoms with E-state index in [4.69, 9.17) is 5.73 Å². The van der Waals surface area contributed by atoms with Gasteiger partial charge >= 0.3 is 5.69 Å². The molecule has 0 unspecified atom stereocenters. The largest absolute Gasteiger partial charge is 0.383 e. The van der Waals surface area contributed by atoms with Crippen LogP contribution in [-0.2, 0) is 16.4 Å². The number of anilines is 1. The fraction of sp³-hybridized carbons (Fsp3) is 0.600. The Balaban J connectivity index is 0.000000234. The number of nitrogen functional groups attached to an aromatic ring is 1. The molecule has 0 spiro atoms. The number of nitrogens with two attached hydrogens (primary N) is 1. The summed E-state index contributed by atoms with van der Waals surface area (Å²) in [5, 5.41) is 0.994. The standard InChI is InChI=1S/C13H20N4.C12H20N2O2/c1-8(2)17-6-9(13(3,4)5)10-11(14)15-7-16-12(10)17;1-11(2,3)8-7-14(12(4,5)6)10(16)13-9(8)15/h6-8H,1-5H3,(H2,14,15,16);7H,1-6H3,(H,13,15,16). The highest BCUT2D eigenvalue weighted by Crippen LogP contribution is 2.34. The van der Waals surface area contributed by atoms with Crippen molar-refractivity contribution in [3.05, 3.63) is 50.7 Å². The van der Waals surface area contributed by atoms with Crippen LogP contribution in [0.25, 0.3) is 11.0 Å². The molecule has 0 radical (unpaired) electrons. The topological polar surface area (TPSA) is 112 Å². The van der Waals surface area contributed by atoms with E-state index in [2.05, 4.69) is 60.3 Å². The molecule has 0 aliphatic carbocycles. The smallest absolute Gasteiger partial charge is 0.328 e. The normalized spacial score (nSPS) is 12.7. The number of rotatable bonds is 1. The summed E-state index contributed by atoms with van der Waals surface area (Å²) in [6, 6.07) is 0.364. The summed E-state index contributed by atoms with van der Waals surface area (Å²) in [4.78, 5) is 34.2. The minimum Gasteiger partial charge on any atom is -0.383 e. The van der Waals surface area contributed by atoms with Gasteiger partial charge in [0.25, 0.3) is 5.56 Å². The Bertz CT molecular complexity index is 1200. The molecule has 0 saturated carbocycles. The minimum atomic E-state index is -0.356.